The molecular weight excluding hydrogens is 1090 g/mol. The minimum Gasteiger partial charge on any atom is -0.726 e. The van der Waals surface area contributed by atoms with Crippen molar-refractivity contribution in [2.45, 2.75) is 219 Å². The Morgan fingerprint density at radius 1 is 0.795 bits per heavy atom. The normalized spacial score (nSPS) is 46.0. The van der Waals surface area contributed by atoms with Crippen LogP contribution in [0.25, 0.3) is 0 Å². The smallest absolute Gasteiger partial charge is 0.726 e. The maximum absolute atomic E-state index is 12.3. The second-order valence-electron chi connectivity index (χ2n) is 27.4. The summed E-state index contributed by atoms with van der Waals surface area (Å²) in [6.07, 6.45) is 12.7. The Morgan fingerprint density at radius 3 is 2.09 bits per heavy atom. The summed E-state index contributed by atoms with van der Waals surface area (Å²) in [5, 5.41) is 11.5. The molecule has 16 nitrogen and oxygen atoms in total. The molecule has 4 bridgehead atoms. The third kappa shape index (κ3) is 10.8. The predicted molar refractivity (Wildman–Crippen MR) is 272 cm³/mol. The fraction of sp³-hybridized carbons (Fsp3) is 0.857. The molecule has 0 aromatic carbocycles. The molecule has 1 N–H and O–H groups in total. The van der Waals surface area contributed by atoms with E-state index < -0.39 is 77.6 Å². The predicted octanol–water partition coefficient (Wildman–Crippen LogP) is 0.0154. The van der Waals surface area contributed by atoms with Crippen molar-refractivity contribution in [3.05, 3.63) is 45.6 Å². The summed E-state index contributed by atoms with van der Waals surface area (Å²) >= 11 is 0. The van der Waals surface area contributed by atoms with E-state index in [4.69, 9.17) is 26.8 Å². The maximum atomic E-state index is 12.3. The van der Waals surface area contributed by atoms with Gasteiger partial charge in [-0.25, -0.2) is 25.3 Å². The van der Waals surface area contributed by atoms with E-state index in [1.54, 1.807) is 6.92 Å². The molecule has 422 valence electrons. The minimum atomic E-state index is -5.26. The van der Waals surface area contributed by atoms with Crippen LogP contribution in [0.3, 0.4) is 0 Å². The monoisotopic (exact) mass is 1170 g/mol. The van der Waals surface area contributed by atoms with Gasteiger partial charge in [0, 0.05) is 35.0 Å². The second kappa shape index (κ2) is 21.9. The van der Waals surface area contributed by atoms with Gasteiger partial charge in [-0.1, -0.05) is 82.9 Å². The Morgan fingerprint density at radius 2 is 1.45 bits per heavy atom. The van der Waals surface area contributed by atoms with E-state index in [9.17, 15) is 44.0 Å². The van der Waals surface area contributed by atoms with Crippen LogP contribution in [0.4, 0.5) is 0 Å². The maximum Gasteiger partial charge on any atom is 1.00 e. The van der Waals surface area contributed by atoms with Crippen LogP contribution in [-0.4, -0.2) is 98.1 Å². The molecule has 0 aromatic heterocycles. The zero-order valence-electron chi connectivity index (χ0n) is 48.6. The quantitative estimate of drug-likeness (QED) is 0.117. The zero-order valence-corrected chi connectivity index (χ0v) is 57.0. The van der Waals surface area contributed by atoms with Gasteiger partial charge in [0.15, 0.2) is 5.79 Å². The van der Waals surface area contributed by atoms with Crippen molar-refractivity contribution in [1.82, 2.24) is 0 Å². The average molecular weight is 1180 g/mol. The molecule has 1 spiro atoms. The first-order valence-electron chi connectivity index (χ1n) is 28.2. The summed E-state index contributed by atoms with van der Waals surface area (Å²) in [6, 6.07) is 0. The van der Waals surface area contributed by atoms with E-state index in [2.05, 4.69) is 60.6 Å². The van der Waals surface area contributed by atoms with Crippen molar-refractivity contribution in [2.75, 3.05) is 6.61 Å². The Kier molecular flexibility index (Phi) is 18.4. The number of hydrogen-bond acceptors (Lipinski definition) is 16. The van der Waals surface area contributed by atoms with Crippen LogP contribution in [-0.2, 0) is 58.0 Å². The van der Waals surface area contributed by atoms with Crippen LogP contribution in [0.15, 0.2) is 45.6 Å². The summed E-state index contributed by atoms with van der Waals surface area (Å²) in [5.74, 6) is -0.971. The first kappa shape index (κ1) is 65.4. The van der Waals surface area contributed by atoms with E-state index in [-0.39, 0.29) is 147 Å². The van der Waals surface area contributed by atoms with Gasteiger partial charge in [-0.15, -0.1) is 0 Å². The summed E-state index contributed by atoms with van der Waals surface area (Å²) in [5.41, 5.74) is 4.98. The van der Waals surface area contributed by atoms with Crippen LogP contribution < -0.4 is 88.7 Å². The van der Waals surface area contributed by atoms with E-state index in [1.807, 2.05) is 13.8 Å². The zero-order chi connectivity index (χ0) is 54.2. The molecule has 12 aliphatic rings. The Balaban J connectivity index is 0.00000268. The summed E-state index contributed by atoms with van der Waals surface area (Å²) < 4.78 is 145. The summed E-state index contributed by atoms with van der Waals surface area (Å²) in [4.78, 5) is 0. The fourth-order valence-corrected chi connectivity index (χ4v) is 21.6. The van der Waals surface area contributed by atoms with E-state index >= 15 is 0 Å². The van der Waals surface area contributed by atoms with Crippen LogP contribution in [0.1, 0.15) is 172 Å². The molecule has 12 rings (SSSR count). The van der Waals surface area contributed by atoms with Gasteiger partial charge in [0.25, 0.3) is 0 Å². The Labute approximate surface area is 531 Å². The van der Waals surface area contributed by atoms with E-state index in [1.165, 1.54) is 22.3 Å². The van der Waals surface area contributed by atoms with E-state index in [0.717, 1.165) is 81.8 Å². The number of fused-ring (bicyclic) bond motifs is 10. The van der Waals surface area contributed by atoms with E-state index in [0.29, 0.717) is 56.0 Å². The first-order valence-corrected chi connectivity index (χ1v) is 32.2. The molecule has 0 radical (unpaired) electrons. The molecule has 0 amide bonds. The molecule has 22 heteroatoms. The summed E-state index contributed by atoms with van der Waals surface area (Å²) in [6.45, 7) is 22.3. The Hall–Kier alpha value is 1.41. The molecule has 4 heterocycles. The molecule has 8 aliphatic carbocycles. The molecule has 0 aromatic rings. The van der Waals surface area contributed by atoms with Gasteiger partial charge in [-0.05, 0) is 175 Å². The van der Waals surface area contributed by atoms with Gasteiger partial charge in [-0.2, -0.15) is 0 Å². The molecule has 0 unspecified atom stereocenters. The van der Waals surface area contributed by atoms with Gasteiger partial charge < -0.3 is 33.0 Å². The molecule has 4 aliphatic heterocycles. The topological polar surface area (TPSA) is 247 Å². The SMILES string of the molecule is C[C@H]([C@@H]1C[C@H]2C[C@](C)(OC2(C)C)[C@@H](CC[C@@H](C)[C@H]2CC=C3C4=C(CC[C@@]32C)[C@@]2(C)C[C@H](OS(=O)(=O)[O-])[C@@H](OS(=O)(=O)[O-])[C@H](C)C2=CC4)O1)[C@H]1CC[C@H]2C3=C(CC[C@]12C)[C@]12CC[C@](O)(OC1)[C@@H](C)[C@@H]2[C@@H](OS(=O)(=O)[O-])C3.[Na+].[Na+].[Na+]. The van der Waals surface area contributed by atoms with Crippen molar-refractivity contribution in [2.24, 2.45) is 74.9 Å². The van der Waals surface area contributed by atoms with Gasteiger partial charge >= 0.3 is 88.7 Å². The van der Waals surface area contributed by atoms with Gasteiger partial charge in [0.1, 0.15) is 12.2 Å². The molecular formula is C56H81Na3O16S3. The van der Waals surface area contributed by atoms with Crippen molar-refractivity contribution < 1.29 is 159 Å². The van der Waals surface area contributed by atoms with Crippen LogP contribution in [0.2, 0.25) is 0 Å². The molecule has 7 fully saturated rings. The minimum absolute atomic E-state index is 0. The number of allylic oxidation sites excluding steroid dienone is 5. The summed E-state index contributed by atoms with van der Waals surface area (Å²) in [7, 11) is -15.5. The Bertz CT molecular complexity index is 2850. The van der Waals surface area contributed by atoms with Crippen LogP contribution in [0, 0.1) is 74.9 Å². The standard InChI is InChI=1S/C56H84O16S3.3Na/c1-30(37-14-16-40-35-12-13-39-32(3)49(71-75(64,65)66)46(70-74(61,62)63)28-53(39,9)42(35)19-21-51(37,40)7)11-18-47-54(10)27-34(50(5,6)72-54)25-44(68-47)31(2)38-15-17-41-36-26-45(69-73(58,59)60)48-33(4)56(57)24-23-55(48,29-67-56)43(36)20-22-52(38,41)8;;;/h13,16,30-34,37-38,41,44-49,57H,11-12,14-15,17-29H2,1-10H3,(H,58,59,60)(H,61,62,63)(H,64,65,66);;;/q;3*+1/p-3/t30-,31+,32-,33+,34+,37-,38-,41+,44+,45+,46+,47-,48-,49+,51-,52-,53+,54+,55+,56+;;;/m1.../s1. The fourth-order valence-electron chi connectivity index (χ4n) is 20.1. The molecule has 78 heavy (non-hydrogen) atoms. The second-order valence-corrected chi connectivity index (χ2v) is 30.4. The number of aliphatic hydroxyl groups is 1. The van der Waals surface area contributed by atoms with Crippen LogP contribution in [0.5, 0.6) is 0 Å². The van der Waals surface area contributed by atoms with Crippen molar-refractivity contribution in [3.63, 3.8) is 0 Å². The number of hydrogen-bond donors (Lipinski definition) is 1. The van der Waals surface area contributed by atoms with Crippen molar-refractivity contribution >= 4 is 31.2 Å². The van der Waals surface area contributed by atoms with Gasteiger partial charge in [-0.3, -0.25) is 12.5 Å². The molecule has 3 saturated carbocycles. The van der Waals surface area contributed by atoms with Gasteiger partial charge in [0.05, 0.1) is 36.1 Å². The van der Waals surface area contributed by atoms with Crippen LogP contribution >= 0.6 is 0 Å². The third-order valence-electron chi connectivity index (χ3n) is 23.5. The molecule has 4 saturated heterocycles. The average Bonchev–Trinajstić information content (AvgIpc) is 3.87. The van der Waals surface area contributed by atoms with Crippen molar-refractivity contribution in [1.29, 1.82) is 0 Å². The third-order valence-corrected chi connectivity index (χ3v) is 24.9. The largest absolute Gasteiger partial charge is 1.00 e. The number of rotatable bonds is 12. The molecule has 20 atom stereocenters. The first-order chi connectivity index (χ1) is 34.7. The van der Waals surface area contributed by atoms with Gasteiger partial charge in [0.2, 0.25) is 31.2 Å². The van der Waals surface area contributed by atoms with Crippen molar-refractivity contribution in [3.8, 4) is 0 Å². The number of ether oxygens (including phenoxy) is 3.